The molecule has 1 unspecified atom stereocenters. The number of anilines is 1. The van der Waals surface area contributed by atoms with Crippen molar-refractivity contribution in [1.82, 2.24) is 14.7 Å². The number of carboxylic acids is 1. The highest BCUT2D eigenvalue weighted by Gasteiger charge is 2.32. The van der Waals surface area contributed by atoms with Crippen LogP contribution in [0, 0.1) is 6.92 Å². The van der Waals surface area contributed by atoms with E-state index in [1.54, 1.807) is 28.9 Å². The van der Waals surface area contributed by atoms with Gasteiger partial charge in [-0.05, 0) is 58.2 Å². The second-order valence-corrected chi connectivity index (χ2v) is 7.57. The first-order valence-electron chi connectivity index (χ1n) is 9.79. The molecule has 29 heavy (non-hydrogen) atoms. The minimum atomic E-state index is -0.986. The fourth-order valence-electron chi connectivity index (χ4n) is 3.69. The molecule has 8 nitrogen and oxygen atoms in total. The molecule has 2 N–H and O–H groups in total. The molecular formula is C21H26N4O4. The smallest absolute Gasteiger partial charge is 0.326 e. The summed E-state index contributed by atoms with van der Waals surface area (Å²) < 4.78 is 1.78. The molecule has 2 aromatic rings. The quantitative estimate of drug-likeness (QED) is 0.805. The fourth-order valence-corrected chi connectivity index (χ4v) is 3.69. The van der Waals surface area contributed by atoms with Crippen LogP contribution in [0.25, 0.3) is 0 Å². The van der Waals surface area contributed by atoms with Gasteiger partial charge in [0, 0.05) is 29.5 Å². The Bertz CT molecular complexity index is 935. The van der Waals surface area contributed by atoms with Crippen LogP contribution in [0.4, 0.5) is 5.69 Å². The number of piperidine rings is 1. The Kier molecular flexibility index (Phi) is 6.00. The molecule has 1 aliphatic rings. The van der Waals surface area contributed by atoms with Gasteiger partial charge < -0.3 is 15.3 Å². The first-order valence-corrected chi connectivity index (χ1v) is 9.79. The van der Waals surface area contributed by atoms with E-state index in [9.17, 15) is 19.5 Å². The van der Waals surface area contributed by atoms with E-state index >= 15 is 0 Å². The standard InChI is InChI=1S/C21H26N4O4/c1-13(2)25-14(3)17(12-22-25)19(26)23-16-8-6-7-15(11-16)20(27)24-10-5-4-9-18(24)21(28)29/h6-8,11-13,18H,4-5,9-10H2,1-3H3,(H,23,26)(H,28,29). The van der Waals surface area contributed by atoms with Gasteiger partial charge in [-0.3, -0.25) is 14.3 Å². The monoisotopic (exact) mass is 398 g/mol. The normalized spacial score (nSPS) is 16.7. The largest absolute Gasteiger partial charge is 0.480 e. The van der Waals surface area contributed by atoms with Gasteiger partial charge >= 0.3 is 5.97 Å². The highest BCUT2D eigenvalue weighted by Crippen LogP contribution is 2.22. The van der Waals surface area contributed by atoms with Gasteiger partial charge in [0.15, 0.2) is 0 Å². The van der Waals surface area contributed by atoms with Crippen molar-refractivity contribution in [2.45, 2.75) is 52.1 Å². The number of amides is 2. The lowest BCUT2D eigenvalue weighted by atomic mass is 10.0. The summed E-state index contributed by atoms with van der Waals surface area (Å²) in [6, 6.07) is 5.92. The zero-order chi connectivity index (χ0) is 21.1. The Hall–Kier alpha value is -3.16. The summed E-state index contributed by atoms with van der Waals surface area (Å²) in [7, 11) is 0. The second-order valence-electron chi connectivity index (χ2n) is 7.57. The minimum Gasteiger partial charge on any atom is -0.480 e. The van der Waals surface area contributed by atoms with Crippen molar-refractivity contribution in [1.29, 1.82) is 0 Å². The molecule has 1 atom stereocenters. The Morgan fingerprint density at radius 1 is 1.24 bits per heavy atom. The number of aromatic nitrogens is 2. The Balaban J connectivity index is 1.78. The molecule has 8 heteroatoms. The average molecular weight is 398 g/mol. The van der Waals surface area contributed by atoms with Crippen LogP contribution in [0.1, 0.15) is 65.6 Å². The number of hydrogen-bond acceptors (Lipinski definition) is 4. The molecule has 1 aliphatic heterocycles. The average Bonchev–Trinajstić information content (AvgIpc) is 3.09. The van der Waals surface area contributed by atoms with E-state index in [-0.39, 0.29) is 17.9 Å². The number of rotatable bonds is 5. The molecule has 154 valence electrons. The van der Waals surface area contributed by atoms with Gasteiger partial charge in [0.05, 0.1) is 11.8 Å². The Morgan fingerprint density at radius 2 is 2.00 bits per heavy atom. The molecule has 0 spiro atoms. The maximum absolute atomic E-state index is 12.9. The van der Waals surface area contributed by atoms with Crippen LogP contribution in [-0.4, -0.2) is 50.2 Å². The summed E-state index contributed by atoms with van der Waals surface area (Å²) in [5.74, 6) is -1.63. The second kappa shape index (κ2) is 8.46. The van der Waals surface area contributed by atoms with Gasteiger partial charge in [0.25, 0.3) is 11.8 Å². The maximum atomic E-state index is 12.9. The van der Waals surface area contributed by atoms with Gasteiger partial charge in [0.1, 0.15) is 6.04 Å². The van der Waals surface area contributed by atoms with Gasteiger partial charge in [-0.2, -0.15) is 5.10 Å². The highest BCUT2D eigenvalue weighted by molar-refractivity contribution is 6.05. The molecule has 0 bridgehead atoms. The van der Waals surface area contributed by atoms with Crippen molar-refractivity contribution in [2.75, 3.05) is 11.9 Å². The van der Waals surface area contributed by atoms with Crippen molar-refractivity contribution in [3.05, 3.63) is 47.3 Å². The molecule has 1 saturated heterocycles. The molecule has 3 rings (SSSR count). The van der Waals surface area contributed by atoms with E-state index in [4.69, 9.17) is 0 Å². The maximum Gasteiger partial charge on any atom is 0.326 e. The highest BCUT2D eigenvalue weighted by atomic mass is 16.4. The van der Waals surface area contributed by atoms with Crippen LogP contribution in [0.15, 0.2) is 30.5 Å². The number of nitrogens with one attached hydrogen (secondary N) is 1. The van der Waals surface area contributed by atoms with Crippen molar-refractivity contribution in [3.8, 4) is 0 Å². The number of carbonyl (C=O) groups is 3. The van der Waals surface area contributed by atoms with Crippen LogP contribution >= 0.6 is 0 Å². The summed E-state index contributed by atoms with van der Waals surface area (Å²) in [6.45, 7) is 6.23. The van der Waals surface area contributed by atoms with Gasteiger partial charge in [-0.1, -0.05) is 6.07 Å². The summed E-state index contributed by atoms with van der Waals surface area (Å²) in [6.07, 6.45) is 3.56. The first kappa shape index (κ1) is 20.6. The van der Waals surface area contributed by atoms with Crippen molar-refractivity contribution in [2.24, 2.45) is 0 Å². The summed E-state index contributed by atoms with van der Waals surface area (Å²) in [5, 5.41) is 16.5. The number of carboxylic acid groups (broad SMARTS) is 1. The summed E-state index contributed by atoms with van der Waals surface area (Å²) in [5.41, 5.74) is 2.06. The molecule has 0 saturated carbocycles. The molecule has 1 fully saturated rings. The van der Waals surface area contributed by atoms with E-state index in [2.05, 4.69) is 10.4 Å². The third-order valence-electron chi connectivity index (χ3n) is 5.19. The Labute approximate surface area is 169 Å². The third kappa shape index (κ3) is 4.31. The zero-order valence-electron chi connectivity index (χ0n) is 16.9. The van der Waals surface area contributed by atoms with Crippen LogP contribution in [-0.2, 0) is 4.79 Å². The number of carbonyl (C=O) groups excluding carboxylic acids is 2. The molecular weight excluding hydrogens is 372 g/mol. The van der Waals surface area contributed by atoms with E-state index in [0.29, 0.717) is 29.8 Å². The third-order valence-corrected chi connectivity index (χ3v) is 5.19. The van der Waals surface area contributed by atoms with Gasteiger partial charge in [0.2, 0.25) is 0 Å². The number of likely N-dealkylation sites (tertiary alicyclic amines) is 1. The van der Waals surface area contributed by atoms with Gasteiger partial charge in [-0.25, -0.2) is 4.79 Å². The SMILES string of the molecule is Cc1c(C(=O)Nc2cccc(C(=O)N3CCCCC3C(=O)O)c2)cnn1C(C)C. The van der Waals surface area contributed by atoms with E-state index in [1.807, 2.05) is 20.8 Å². The fraction of sp³-hybridized carbons (Fsp3) is 0.429. The first-order chi connectivity index (χ1) is 13.8. The molecule has 1 aromatic heterocycles. The summed E-state index contributed by atoms with van der Waals surface area (Å²) in [4.78, 5) is 38.4. The predicted molar refractivity (Wildman–Crippen MR) is 108 cm³/mol. The lowest BCUT2D eigenvalue weighted by Crippen LogP contribution is -2.48. The van der Waals surface area contributed by atoms with Crippen LogP contribution in [0.2, 0.25) is 0 Å². The van der Waals surface area contributed by atoms with Crippen LogP contribution in [0.5, 0.6) is 0 Å². The number of aliphatic carboxylic acids is 1. The molecule has 2 heterocycles. The summed E-state index contributed by atoms with van der Waals surface area (Å²) >= 11 is 0. The molecule has 1 aromatic carbocycles. The zero-order valence-corrected chi connectivity index (χ0v) is 16.9. The Morgan fingerprint density at radius 3 is 2.66 bits per heavy atom. The molecule has 2 amide bonds. The number of nitrogens with zero attached hydrogens (tertiary/aromatic N) is 3. The van der Waals surface area contributed by atoms with Gasteiger partial charge in [-0.15, -0.1) is 0 Å². The molecule has 0 aliphatic carbocycles. The number of benzene rings is 1. The van der Waals surface area contributed by atoms with Crippen molar-refractivity contribution in [3.63, 3.8) is 0 Å². The predicted octanol–water partition coefficient (Wildman–Crippen LogP) is 3.10. The van der Waals surface area contributed by atoms with E-state index in [0.717, 1.165) is 18.5 Å². The lowest BCUT2D eigenvalue weighted by molar-refractivity contribution is -0.143. The minimum absolute atomic E-state index is 0.143. The number of hydrogen-bond donors (Lipinski definition) is 2. The lowest BCUT2D eigenvalue weighted by Gasteiger charge is -2.33. The van der Waals surface area contributed by atoms with Crippen LogP contribution in [0.3, 0.4) is 0 Å². The van der Waals surface area contributed by atoms with E-state index in [1.165, 1.54) is 11.1 Å². The van der Waals surface area contributed by atoms with Crippen LogP contribution < -0.4 is 5.32 Å². The molecule has 0 radical (unpaired) electrons. The topological polar surface area (TPSA) is 105 Å². The van der Waals surface area contributed by atoms with E-state index < -0.39 is 12.0 Å². The van der Waals surface area contributed by atoms with Crippen molar-refractivity contribution >= 4 is 23.5 Å². The van der Waals surface area contributed by atoms with Crippen molar-refractivity contribution < 1.29 is 19.5 Å².